The number of benzene rings is 2. The van der Waals surface area contributed by atoms with Gasteiger partial charge in [-0.05, 0) is 37.3 Å². The topological polar surface area (TPSA) is 90.2 Å². The molecule has 0 spiro atoms. The largest absolute Gasteiger partial charge is 0.507 e. The van der Waals surface area contributed by atoms with Crippen molar-refractivity contribution >= 4 is 41.0 Å². The Morgan fingerprint density at radius 1 is 1.24 bits per heavy atom. The number of carboxylic acid groups (broad SMARTS) is 1. The summed E-state index contributed by atoms with van der Waals surface area (Å²) in [5, 5.41) is 24.4. The Morgan fingerprint density at radius 3 is 2.64 bits per heavy atom. The summed E-state index contributed by atoms with van der Waals surface area (Å²) >= 11 is 5.86. The Balaban J connectivity index is 2.00. The number of halogens is 1. The van der Waals surface area contributed by atoms with E-state index in [1.54, 1.807) is 31.2 Å². The Bertz CT molecular complexity index is 950. The van der Waals surface area contributed by atoms with E-state index in [-0.39, 0.29) is 16.3 Å². The van der Waals surface area contributed by atoms with Gasteiger partial charge in [-0.25, -0.2) is 4.79 Å². The number of amides is 1. The first-order valence-electron chi connectivity index (χ1n) is 7.31. The molecule has 7 heteroatoms. The predicted octanol–water partition coefficient (Wildman–Crippen LogP) is 3.55. The summed E-state index contributed by atoms with van der Waals surface area (Å²) in [4.78, 5) is 23.9. The van der Waals surface area contributed by atoms with Gasteiger partial charge in [0.2, 0.25) is 0 Å². The van der Waals surface area contributed by atoms with Gasteiger partial charge in [-0.3, -0.25) is 4.79 Å². The van der Waals surface area contributed by atoms with E-state index in [4.69, 9.17) is 16.7 Å². The van der Waals surface area contributed by atoms with E-state index in [1.807, 2.05) is 0 Å². The van der Waals surface area contributed by atoms with Crippen molar-refractivity contribution in [3.63, 3.8) is 0 Å². The van der Waals surface area contributed by atoms with Crippen LogP contribution in [-0.4, -0.2) is 27.8 Å². The third kappa shape index (κ3) is 3.12. The summed E-state index contributed by atoms with van der Waals surface area (Å²) in [5.74, 6) is -1.56. The molecule has 1 aliphatic heterocycles. The number of hydrogen-bond donors (Lipinski definition) is 2. The van der Waals surface area contributed by atoms with Gasteiger partial charge in [-0.1, -0.05) is 29.8 Å². The maximum atomic E-state index is 12.7. The summed E-state index contributed by atoms with van der Waals surface area (Å²) in [6.45, 7) is 1.66. The molecule has 3 rings (SSSR count). The van der Waals surface area contributed by atoms with E-state index in [9.17, 15) is 14.7 Å². The molecule has 0 radical (unpaired) electrons. The second kappa shape index (κ2) is 6.41. The monoisotopic (exact) mass is 356 g/mol. The van der Waals surface area contributed by atoms with Gasteiger partial charge < -0.3 is 10.2 Å². The zero-order valence-electron chi connectivity index (χ0n) is 13.1. The van der Waals surface area contributed by atoms with E-state index in [2.05, 4.69) is 5.10 Å². The molecule has 0 fully saturated rings. The van der Waals surface area contributed by atoms with Crippen LogP contribution in [0, 0.1) is 0 Å². The molecule has 2 N–H and O–H groups in total. The molecular weight excluding hydrogens is 344 g/mol. The fraction of sp³-hybridized carbons (Fsp3) is 0.0556. The van der Waals surface area contributed by atoms with Gasteiger partial charge in [-0.2, -0.15) is 10.1 Å². The average molecular weight is 357 g/mol. The smallest absolute Gasteiger partial charge is 0.337 e. The number of hydrazone groups is 1. The number of carbonyl (C=O) groups excluding carboxylic acids is 1. The molecule has 0 bridgehead atoms. The number of carbonyl (C=O) groups is 2. The number of phenolic OH excluding ortho intramolecular Hbond substituents is 1. The van der Waals surface area contributed by atoms with Crippen LogP contribution in [0.3, 0.4) is 0 Å². The summed E-state index contributed by atoms with van der Waals surface area (Å²) in [6, 6.07) is 10.8. The van der Waals surface area contributed by atoms with Crippen molar-refractivity contribution in [2.45, 2.75) is 6.92 Å². The molecule has 6 nitrogen and oxygen atoms in total. The summed E-state index contributed by atoms with van der Waals surface area (Å²) in [5.41, 5.74) is 1.45. The van der Waals surface area contributed by atoms with E-state index < -0.39 is 11.9 Å². The molecule has 0 aromatic heterocycles. The van der Waals surface area contributed by atoms with E-state index in [1.165, 1.54) is 24.3 Å². The van der Waals surface area contributed by atoms with Crippen LogP contribution in [0.15, 0.2) is 53.1 Å². The second-order valence-corrected chi connectivity index (χ2v) is 5.80. The van der Waals surface area contributed by atoms with Crippen LogP contribution < -0.4 is 5.01 Å². The van der Waals surface area contributed by atoms with E-state index >= 15 is 0 Å². The first-order valence-corrected chi connectivity index (χ1v) is 7.69. The number of aromatic carboxylic acids is 1. The van der Waals surface area contributed by atoms with Gasteiger partial charge in [0, 0.05) is 5.56 Å². The van der Waals surface area contributed by atoms with Crippen molar-refractivity contribution in [2.75, 3.05) is 5.01 Å². The Morgan fingerprint density at radius 2 is 1.96 bits per heavy atom. The van der Waals surface area contributed by atoms with Crippen LogP contribution in [-0.2, 0) is 4.79 Å². The molecule has 1 heterocycles. The van der Waals surface area contributed by atoms with E-state index in [0.717, 1.165) is 5.01 Å². The fourth-order valence-electron chi connectivity index (χ4n) is 2.43. The first-order chi connectivity index (χ1) is 11.9. The van der Waals surface area contributed by atoms with Crippen LogP contribution >= 0.6 is 11.6 Å². The van der Waals surface area contributed by atoms with Gasteiger partial charge in [0.1, 0.15) is 5.75 Å². The number of carboxylic acids is 1. The van der Waals surface area contributed by atoms with Crippen LogP contribution in [0.1, 0.15) is 22.8 Å². The lowest BCUT2D eigenvalue weighted by atomic mass is 10.1. The number of para-hydroxylation sites is 1. The lowest BCUT2D eigenvalue weighted by Gasteiger charge is -2.13. The molecule has 0 saturated carbocycles. The number of anilines is 1. The maximum absolute atomic E-state index is 12.7. The standard InChI is InChI=1S/C18H13ClN2O4/c1-10-13(8-11-4-2-3-5-16(11)22)17(23)21(20-10)12-6-7-15(19)14(9-12)18(24)25/h2-9,22H,1H3,(H,24,25)/b13-8+. The highest BCUT2D eigenvalue weighted by molar-refractivity contribution is 6.34. The Kier molecular flexibility index (Phi) is 4.29. The Hall–Kier alpha value is -3.12. The number of nitrogens with zero attached hydrogens (tertiary/aromatic N) is 2. The van der Waals surface area contributed by atoms with Gasteiger partial charge in [0.15, 0.2) is 0 Å². The zero-order chi connectivity index (χ0) is 18.1. The SMILES string of the molecule is CC1=NN(c2ccc(Cl)c(C(=O)O)c2)C(=O)/C1=C/c1ccccc1O. The molecule has 0 unspecified atom stereocenters. The quantitative estimate of drug-likeness (QED) is 0.823. The molecule has 1 aliphatic rings. The normalized spacial score (nSPS) is 15.6. The van der Waals surface area contributed by atoms with Crippen LogP contribution in [0.25, 0.3) is 6.08 Å². The molecule has 0 saturated heterocycles. The first kappa shape index (κ1) is 16.7. The summed E-state index contributed by atoms with van der Waals surface area (Å²) in [6.07, 6.45) is 1.55. The second-order valence-electron chi connectivity index (χ2n) is 5.39. The zero-order valence-corrected chi connectivity index (χ0v) is 13.9. The van der Waals surface area contributed by atoms with Crippen LogP contribution in [0.4, 0.5) is 5.69 Å². The Labute approximate surface area is 148 Å². The van der Waals surface area contributed by atoms with Crippen molar-refractivity contribution in [1.29, 1.82) is 0 Å². The number of phenols is 1. The van der Waals surface area contributed by atoms with Gasteiger partial charge >= 0.3 is 5.97 Å². The van der Waals surface area contributed by atoms with E-state index in [0.29, 0.717) is 22.5 Å². The highest BCUT2D eigenvalue weighted by atomic mass is 35.5. The van der Waals surface area contributed by atoms with Gasteiger partial charge in [-0.15, -0.1) is 0 Å². The maximum Gasteiger partial charge on any atom is 0.337 e. The third-order valence-electron chi connectivity index (χ3n) is 3.72. The van der Waals surface area contributed by atoms with Crippen molar-refractivity contribution in [2.24, 2.45) is 5.10 Å². The minimum atomic E-state index is -1.19. The average Bonchev–Trinajstić information content (AvgIpc) is 2.85. The van der Waals surface area contributed by atoms with Crippen LogP contribution in [0.5, 0.6) is 5.75 Å². The van der Waals surface area contributed by atoms with Gasteiger partial charge in [0.25, 0.3) is 5.91 Å². The molecule has 1 amide bonds. The minimum absolute atomic E-state index is 0.0497. The van der Waals surface area contributed by atoms with Crippen molar-refractivity contribution in [3.8, 4) is 5.75 Å². The highest BCUT2D eigenvalue weighted by Gasteiger charge is 2.29. The van der Waals surface area contributed by atoms with Gasteiger partial charge in [0.05, 0.1) is 27.6 Å². The number of hydrogen-bond acceptors (Lipinski definition) is 4. The summed E-state index contributed by atoms with van der Waals surface area (Å²) in [7, 11) is 0. The van der Waals surface area contributed by atoms with Crippen molar-refractivity contribution < 1.29 is 19.8 Å². The minimum Gasteiger partial charge on any atom is -0.507 e. The highest BCUT2D eigenvalue weighted by Crippen LogP contribution is 2.29. The van der Waals surface area contributed by atoms with Crippen molar-refractivity contribution in [1.82, 2.24) is 0 Å². The lowest BCUT2D eigenvalue weighted by Crippen LogP contribution is -2.21. The van der Waals surface area contributed by atoms with Crippen LogP contribution in [0.2, 0.25) is 5.02 Å². The lowest BCUT2D eigenvalue weighted by molar-refractivity contribution is -0.114. The molecule has 0 aliphatic carbocycles. The molecule has 126 valence electrons. The number of rotatable bonds is 3. The molecule has 2 aromatic carbocycles. The molecule has 2 aromatic rings. The third-order valence-corrected chi connectivity index (χ3v) is 4.05. The number of aromatic hydroxyl groups is 1. The summed E-state index contributed by atoms with van der Waals surface area (Å²) < 4.78 is 0. The fourth-order valence-corrected chi connectivity index (χ4v) is 2.63. The van der Waals surface area contributed by atoms with Crippen molar-refractivity contribution in [3.05, 3.63) is 64.2 Å². The molecule has 25 heavy (non-hydrogen) atoms. The molecular formula is C18H13ClN2O4. The predicted molar refractivity (Wildman–Crippen MR) is 95.1 cm³/mol. The molecule has 0 atom stereocenters.